The van der Waals surface area contributed by atoms with Crippen molar-refractivity contribution in [2.45, 2.75) is 21.6 Å². The summed E-state index contributed by atoms with van der Waals surface area (Å²) in [5.74, 6) is 0. The summed E-state index contributed by atoms with van der Waals surface area (Å²) in [7, 11) is -4.46. The molecule has 0 aliphatic heterocycles. The van der Waals surface area contributed by atoms with E-state index in [1.165, 1.54) is 23.3 Å². The lowest BCUT2D eigenvalue weighted by Crippen LogP contribution is -2.00. The minimum Gasteiger partial charge on any atom is -0.744 e. The molecule has 0 aliphatic rings. The Labute approximate surface area is 181 Å². The van der Waals surface area contributed by atoms with Crippen molar-refractivity contribution in [2.75, 3.05) is 0 Å². The van der Waals surface area contributed by atoms with Crippen LogP contribution in [0.5, 0.6) is 0 Å². The van der Waals surface area contributed by atoms with E-state index in [1.54, 1.807) is 6.07 Å². The second-order valence-corrected chi connectivity index (χ2v) is 9.61. The summed E-state index contributed by atoms with van der Waals surface area (Å²) in [5, 5.41) is 0. The molecule has 0 unspecified atom stereocenters. The van der Waals surface area contributed by atoms with Gasteiger partial charge in [-0.15, -0.1) is 0 Å². The second-order valence-electron chi connectivity index (χ2n) is 7.00. The van der Waals surface area contributed by atoms with Crippen molar-refractivity contribution in [3.63, 3.8) is 0 Å². The van der Waals surface area contributed by atoms with Crippen molar-refractivity contribution in [1.29, 1.82) is 0 Å². The van der Waals surface area contributed by atoms with E-state index < -0.39 is 10.1 Å². The number of thiol groups is 1. The third-order valence-electron chi connectivity index (χ3n) is 4.91. The Balaban J connectivity index is 1.54. The number of hydrogen-bond acceptors (Lipinski definition) is 3. The maximum absolute atomic E-state index is 11.3. The molecule has 3 nitrogen and oxygen atoms in total. The van der Waals surface area contributed by atoms with Gasteiger partial charge in [0.2, 0.25) is 0 Å². The van der Waals surface area contributed by atoms with Gasteiger partial charge >= 0.3 is 0 Å². The van der Waals surface area contributed by atoms with Gasteiger partial charge in [0.05, 0.1) is 4.90 Å². The van der Waals surface area contributed by atoms with Gasteiger partial charge in [0.1, 0.15) is 10.1 Å². The molecule has 0 bridgehead atoms. The van der Waals surface area contributed by atoms with Crippen LogP contribution in [-0.2, 0) is 21.9 Å². The maximum atomic E-state index is 11.3. The second kappa shape index (κ2) is 8.48. The summed E-state index contributed by atoms with van der Waals surface area (Å²) in [6.45, 7) is 1.91. The topological polar surface area (TPSA) is 57.2 Å². The van der Waals surface area contributed by atoms with Gasteiger partial charge in [-0.3, -0.25) is 0 Å². The Morgan fingerprint density at radius 2 is 1.17 bits per heavy atom. The lowest BCUT2D eigenvalue weighted by atomic mass is 10.0. The van der Waals surface area contributed by atoms with Gasteiger partial charge in [0, 0.05) is 23.4 Å². The number of hydrogen-bond donors (Lipinski definition) is 0. The van der Waals surface area contributed by atoms with E-state index in [4.69, 9.17) is 0 Å². The number of aryl methyl sites for hydroxylation is 1. The molecule has 5 heteroatoms. The minimum atomic E-state index is -4.46. The third-order valence-corrected chi connectivity index (χ3v) is 7.02. The van der Waals surface area contributed by atoms with Gasteiger partial charge in [-0.2, -0.15) is 0 Å². The molecule has 4 aromatic rings. The van der Waals surface area contributed by atoms with Crippen LogP contribution < -0.4 is 0 Å². The molecule has 0 aliphatic carbocycles. The summed E-state index contributed by atoms with van der Waals surface area (Å²) in [4.78, 5) is 1.65. The maximum Gasteiger partial charge on any atom is 0.162 e. The van der Waals surface area contributed by atoms with Crippen molar-refractivity contribution in [3.05, 3.63) is 103 Å². The van der Waals surface area contributed by atoms with E-state index in [-0.39, 0.29) is 4.90 Å². The average Bonchev–Trinajstić information content (AvgIpc) is 2.76. The first kappa shape index (κ1) is 20.4. The molecule has 4 aromatic carbocycles. The van der Waals surface area contributed by atoms with Crippen LogP contribution in [0.4, 0.5) is 0 Å². The quantitative estimate of drug-likeness (QED) is 0.239. The largest absolute Gasteiger partial charge is 0.744 e. The molecule has 0 atom stereocenters. The van der Waals surface area contributed by atoms with Gasteiger partial charge < -0.3 is 4.55 Å². The van der Waals surface area contributed by atoms with Crippen LogP contribution in [0.2, 0.25) is 0 Å². The molecule has 0 fully saturated rings. The van der Waals surface area contributed by atoms with Crippen LogP contribution in [0, 0.1) is 6.92 Å². The van der Waals surface area contributed by atoms with Crippen LogP contribution in [0.3, 0.4) is 0 Å². The zero-order chi connectivity index (χ0) is 21.1. The molecule has 0 heterocycles. The van der Waals surface area contributed by atoms with Crippen molar-refractivity contribution in [3.8, 4) is 22.3 Å². The van der Waals surface area contributed by atoms with Crippen LogP contribution in [0.15, 0.2) is 112 Å². The normalized spacial score (nSPS) is 11.4. The molecular weight excluding hydrogens is 412 g/mol. The van der Waals surface area contributed by atoms with Crippen molar-refractivity contribution < 1.29 is 13.0 Å². The molecule has 30 heavy (non-hydrogen) atoms. The Morgan fingerprint density at radius 3 is 1.70 bits per heavy atom. The fraction of sp³-hybridized carbons (Fsp3) is 0.0400. The standard InChI is InChI=1S/C25H20O3S2/c1-18-7-16-24(30(26,27)28)17-25(18)29-23-14-12-22(13-15-23)21-10-8-20(9-11-21)19-5-3-2-4-6-19/h2-17H,1H3,(H,26,27,28). The smallest absolute Gasteiger partial charge is 0.162 e. The van der Waals surface area contributed by atoms with Crippen LogP contribution in [-0.4, -0.2) is 13.0 Å². The van der Waals surface area contributed by atoms with Crippen molar-refractivity contribution in [2.24, 2.45) is 0 Å². The summed E-state index contributed by atoms with van der Waals surface area (Å²) in [5.41, 5.74) is 5.56. The van der Waals surface area contributed by atoms with Gasteiger partial charge in [0.15, 0.2) is 9.79 Å². The lowest BCUT2D eigenvalue weighted by Gasteiger charge is -2.08. The van der Waals surface area contributed by atoms with Gasteiger partial charge in [-0.1, -0.05) is 60.7 Å². The highest BCUT2D eigenvalue weighted by Gasteiger charge is 2.14. The first-order chi connectivity index (χ1) is 14.4. The molecule has 0 saturated heterocycles. The SMILES string of the molecule is Cc1ccc(S(=O)(=O)[O-])cc1[SH+]c1ccc(-c2ccc(-c3ccccc3)cc2)cc1. The summed E-state index contributed by atoms with van der Waals surface area (Å²) in [6.07, 6.45) is 0. The van der Waals surface area contributed by atoms with Crippen LogP contribution >= 0.6 is 0 Å². The summed E-state index contributed by atoms with van der Waals surface area (Å²) < 4.78 is 33.9. The van der Waals surface area contributed by atoms with E-state index in [0.29, 0.717) is 0 Å². The van der Waals surface area contributed by atoms with Crippen molar-refractivity contribution >= 4 is 21.9 Å². The Hall–Kier alpha value is -2.86. The van der Waals surface area contributed by atoms with Gasteiger partial charge in [0.25, 0.3) is 0 Å². The molecule has 150 valence electrons. The van der Waals surface area contributed by atoms with Gasteiger partial charge in [-0.25, -0.2) is 8.42 Å². The predicted molar refractivity (Wildman–Crippen MR) is 122 cm³/mol. The molecule has 0 radical (unpaired) electrons. The molecule has 0 aromatic heterocycles. The van der Waals surface area contributed by atoms with E-state index in [0.717, 1.165) is 38.2 Å². The minimum absolute atomic E-state index is 0.189. The van der Waals surface area contributed by atoms with Gasteiger partial charge in [-0.05, 0) is 59.5 Å². The summed E-state index contributed by atoms with van der Waals surface area (Å²) in [6, 6.07) is 31.4. The van der Waals surface area contributed by atoms with E-state index in [2.05, 4.69) is 48.5 Å². The molecule has 0 saturated carbocycles. The molecular formula is C25H20O3S2. The third kappa shape index (κ3) is 4.65. The average molecular weight is 433 g/mol. The zero-order valence-electron chi connectivity index (χ0n) is 16.3. The van der Waals surface area contributed by atoms with Crippen LogP contribution in [0.1, 0.15) is 5.56 Å². The first-order valence-corrected chi connectivity index (χ1v) is 11.7. The number of benzene rings is 4. The molecule has 0 spiro atoms. The van der Waals surface area contributed by atoms with E-state index in [9.17, 15) is 13.0 Å². The fourth-order valence-corrected chi connectivity index (χ4v) is 4.83. The highest BCUT2D eigenvalue weighted by Crippen LogP contribution is 2.26. The predicted octanol–water partition coefficient (Wildman–Crippen LogP) is 5.47. The van der Waals surface area contributed by atoms with Crippen molar-refractivity contribution in [1.82, 2.24) is 0 Å². The Bertz CT molecular complexity index is 1260. The zero-order valence-corrected chi connectivity index (χ0v) is 18.0. The molecule has 0 amide bonds. The molecule has 4 rings (SSSR count). The first-order valence-electron chi connectivity index (χ1n) is 9.44. The summed E-state index contributed by atoms with van der Waals surface area (Å²) >= 11 is 0.863. The highest BCUT2D eigenvalue weighted by molar-refractivity contribution is 7.85. The fourth-order valence-electron chi connectivity index (χ4n) is 3.22. The van der Waals surface area contributed by atoms with Crippen LogP contribution in [0.25, 0.3) is 22.3 Å². The highest BCUT2D eigenvalue weighted by atomic mass is 32.2. The molecule has 0 N–H and O–H groups in total. The lowest BCUT2D eigenvalue weighted by molar-refractivity contribution is 0.463. The Morgan fingerprint density at radius 1 is 0.667 bits per heavy atom. The van der Waals surface area contributed by atoms with E-state index in [1.807, 2.05) is 37.3 Å². The monoisotopic (exact) mass is 432 g/mol. The number of rotatable bonds is 5. The Kier molecular flexibility index (Phi) is 5.77. The van der Waals surface area contributed by atoms with E-state index >= 15 is 0 Å².